The van der Waals surface area contributed by atoms with Crippen molar-refractivity contribution in [2.45, 2.75) is 36.1 Å². The molecule has 0 radical (unpaired) electrons. The monoisotopic (exact) mass is 341 g/mol. The van der Waals surface area contributed by atoms with E-state index in [1.165, 1.54) is 51.9 Å². The van der Waals surface area contributed by atoms with Crippen LogP contribution < -0.4 is 16.0 Å². The van der Waals surface area contributed by atoms with Gasteiger partial charge in [0.1, 0.15) is 0 Å². The van der Waals surface area contributed by atoms with Crippen LogP contribution in [0.2, 0.25) is 10.5 Å². The first-order valence-electron chi connectivity index (χ1n) is 7.98. The molecule has 0 aromatic heterocycles. The molecule has 0 atom stereocenters. The summed E-state index contributed by atoms with van der Waals surface area (Å²) in [5, 5.41) is 15.6. The Morgan fingerprint density at radius 1 is 0.650 bits per heavy atom. The summed E-state index contributed by atoms with van der Waals surface area (Å²) in [5.41, 5.74) is 0. The van der Waals surface area contributed by atoms with Gasteiger partial charge in [-0.25, -0.2) is 0 Å². The van der Waals surface area contributed by atoms with Crippen LogP contribution in [0.4, 0.5) is 0 Å². The average Bonchev–Trinajstić information content (AvgIpc) is 2.38. The van der Waals surface area contributed by atoms with E-state index >= 15 is 0 Å². The summed E-state index contributed by atoms with van der Waals surface area (Å²) < 4.78 is 2.77. The minimum absolute atomic E-state index is 0. The van der Waals surface area contributed by atoms with Crippen LogP contribution in [-0.2, 0) is 18.1 Å². The number of rotatable bonds is 1. The van der Waals surface area contributed by atoms with Crippen LogP contribution in [0.15, 0.2) is 0 Å². The van der Waals surface area contributed by atoms with Crippen LogP contribution in [-0.4, -0.2) is 55.7 Å². The number of hydrogen-bond donors (Lipinski definition) is 3. The van der Waals surface area contributed by atoms with E-state index in [1.807, 2.05) is 0 Å². The third-order valence-electron chi connectivity index (χ3n) is 3.61. The van der Waals surface area contributed by atoms with Gasteiger partial charge in [-0.3, -0.25) is 0 Å². The zero-order valence-electron chi connectivity index (χ0n) is 13.3. The molecule has 1 saturated heterocycles. The van der Waals surface area contributed by atoms with Crippen LogP contribution >= 0.6 is 12.4 Å². The molecular formula is C14H34ClN4Ti. The predicted molar refractivity (Wildman–Crippen MR) is 87.6 cm³/mol. The van der Waals surface area contributed by atoms with Crippen LogP contribution in [0.25, 0.3) is 0 Å². The first kappa shape index (κ1) is 20.8. The Hall–Kier alpha value is 0.844. The molecule has 6 heteroatoms. The standard InChI is InChI=1S/C12H27N4.2CH3.ClH.Ti/c1-5-13-7-2-9-15-11-4-12-16-10-3-8-14-6-1;;;;/h13-15H,1-12H2;2*1H3;1H;/q-1;;;;+1. The molecule has 0 aromatic carbocycles. The molecule has 1 fully saturated rings. The van der Waals surface area contributed by atoms with Crippen molar-refractivity contribution in [3.05, 3.63) is 0 Å². The fourth-order valence-electron chi connectivity index (χ4n) is 2.40. The maximum atomic E-state index is 3.57. The Kier molecular flexibility index (Phi) is 15.4. The van der Waals surface area contributed by atoms with Crippen LogP contribution in [0, 0.1) is 0 Å². The van der Waals surface area contributed by atoms with E-state index in [-0.39, 0.29) is 12.4 Å². The summed E-state index contributed by atoms with van der Waals surface area (Å²) >= 11 is -0.890. The van der Waals surface area contributed by atoms with Crippen molar-refractivity contribution in [3.8, 4) is 0 Å². The first-order valence-corrected chi connectivity index (χ1v) is 11.8. The zero-order chi connectivity index (χ0) is 13.8. The van der Waals surface area contributed by atoms with Crippen molar-refractivity contribution in [2.24, 2.45) is 0 Å². The van der Waals surface area contributed by atoms with Crippen molar-refractivity contribution in [1.29, 1.82) is 0 Å². The van der Waals surface area contributed by atoms with Crippen LogP contribution in [0.1, 0.15) is 25.7 Å². The van der Waals surface area contributed by atoms with Gasteiger partial charge in [0.05, 0.1) is 0 Å². The van der Waals surface area contributed by atoms with Crippen molar-refractivity contribution in [1.82, 2.24) is 19.3 Å². The first-order chi connectivity index (χ1) is 9.30. The predicted octanol–water partition coefficient (Wildman–Crippen LogP) is 1.68. The topological polar surface area (TPSA) is 39.3 Å². The fraction of sp³-hybridized carbons (Fsp3) is 1.00. The minimum atomic E-state index is -0.890. The second-order valence-electron chi connectivity index (χ2n) is 5.60. The van der Waals surface area contributed by atoms with Crippen LogP contribution in [0.3, 0.4) is 0 Å². The molecule has 1 heterocycles. The Morgan fingerprint density at radius 2 is 1.00 bits per heavy atom. The number of hydrogen-bond acceptors (Lipinski definition) is 4. The Balaban J connectivity index is 0.00000361. The van der Waals surface area contributed by atoms with E-state index in [4.69, 9.17) is 0 Å². The molecule has 1 aliphatic heterocycles. The maximum absolute atomic E-state index is 3.57. The molecule has 0 bridgehead atoms. The van der Waals surface area contributed by atoms with Gasteiger partial charge in [0, 0.05) is 0 Å². The number of nitrogens with one attached hydrogen (secondary N) is 3. The van der Waals surface area contributed by atoms with E-state index < -0.39 is 18.1 Å². The van der Waals surface area contributed by atoms with E-state index in [9.17, 15) is 0 Å². The zero-order valence-corrected chi connectivity index (χ0v) is 15.7. The number of halogens is 1. The number of nitrogens with zero attached hydrogens (tertiary/aromatic N) is 1. The molecule has 1 rings (SSSR count). The third-order valence-corrected chi connectivity index (χ3v) is 6.28. The summed E-state index contributed by atoms with van der Waals surface area (Å²) in [4.78, 5) is 0. The molecule has 0 spiro atoms. The molecule has 1 aliphatic rings. The normalized spacial score (nSPS) is 21.9. The molecule has 0 aliphatic carbocycles. The van der Waals surface area contributed by atoms with Gasteiger partial charge in [0.2, 0.25) is 0 Å². The Morgan fingerprint density at radius 3 is 1.35 bits per heavy atom. The van der Waals surface area contributed by atoms with Gasteiger partial charge >= 0.3 is 126 Å². The van der Waals surface area contributed by atoms with Gasteiger partial charge in [-0.1, -0.05) is 0 Å². The van der Waals surface area contributed by atoms with Crippen molar-refractivity contribution in [2.75, 3.05) is 52.4 Å². The molecule has 0 unspecified atom stereocenters. The van der Waals surface area contributed by atoms with Crippen molar-refractivity contribution in [3.63, 3.8) is 0 Å². The Labute approximate surface area is 138 Å². The van der Waals surface area contributed by atoms with Gasteiger partial charge in [-0.05, 0) is 0 Å². The second-order valence-corrected chi connectivity index (χ2v) is 9.54. The van der Waals surface area contributed by atoms with E-state index in [0.717, 1.165) is 26.2 Å². The van der Waals surface area contributed by atoms with E-state index in [0.29, 0.717) is 0 Å². The van der Waals surface area contributed by atoms with E-state index in [2.05, 4.69) is 29.8 Å². The quantitative estimate of drug-likeness (QED) is 0.635. The SMILES string of the molecule is Cl.[CH3][Ti]([CH3])[N]1CCCNCCCNCCCNCCC1. The second kappa shape index (κ2) is 14.8. The molecule has 0 aromatic rings. The van der Waals surface area contributed by atoms with Crippen LogP contribution in [0.5, 0.6) is 0 Å². The van der Waals surface area contributed by atoms with E-state index in [1.54, 1.807) is 0 Å². The van der Waals surface area contributed by atoms with Gasteiger partial charge in [0.15, 0.2) is 0 Å². The molecular weight excluding hydrogens is 308 g/mol. The van der Waals surface area contributed by atoms with Gasteiger partial charge in [-0.15, -0.1) is 12.4 Å². The summed E-state index contributed by atoms with van der Waals surface area (Å²) in [5.74, 6) is 0. The van der Waals surface area contributed by atoms with Crippen molar-refractivity contribution >= 4 is 12.4 Å². The fourth-order valence-corrected chi connectivity index (χ4v) is 4.29. The average molecular weight is 342 g/mol. The van der Waals surface area contributed by atoms with Gasteiger partial charge < -0.3 is 0 Å². The molecule has 0 amide bonds. The molecule has 0 saturated carbocycles. The molecule has 20 heavy (non-hydrogen) atoms. The van der Waals surface area contributed by atoms with Crippen molar-refractivity contribution < 1.29 is 18.1 Å². The van der Waals surface area contributed by atoms with Gasteiger partial charge in [-0.2, -0.15) is 0 Å². The summed E-state index contributed by atoms with van der Waals surface area (Å²) in [6, 6.07) is 0. The Bertz CT molecular complexity index is 192. The summed E-state index contributed by atoms with van der Waals surface area (Å²) in [7, 11) is 0. The third kappa shape index (κ3) is 11.5. The molecule has 4 nitrogen and oxygen atoms in total. The molecule has 3 N–H and O–H groups in total. The molecule has 121 valence electrons. The summed E-state index contributed by atoms with van der Waals surface area (Å²) in [6.07, 6.45) is 5.10. The van der Waals surface area contributed by atoms with Gasteiger partial charge in [0.25, 0.3) is 0 Å². The summed E-state index contributed by atoms with van der Waals surface area (Å²) in [6.45, 7) is 9.58.